The van der Waals surface area contributed by atoms with Gasteiger partial charge in [-0.05, 0) is 132 Å². The SMILES string of the molecule is CC1(C)c2ccccc2-c2ccc(N(c3ccccc3)c3ccc(-c4cccc5cc6c(cc45)Sc4ccccc4C64c5ccccc5-c5ccccc54)cc3)cc21. The molecule has 0 fully saturated rings. The quantitative estimate of drug-likeness (QED) is 0.176. The minimum atomic E-state index is -0.382. The predicted molar refractivity (Wildman–Crippen MR) is 243 cm³/mol. The molecular weight excluding hydrogens is 719 g/mol. The molecule has 274 valence electrons. The van der Waals surface area contributed by atoms with Gasteiger partial charge in [0.1, 0.15) is 0 Å². The van der Waals surface area contributed by atoms with Crippen molar-refractivity contribution in [3.8, 4) is 33.4 Å². The average molecular weight is 758 g/mol. The number of rotatable bonds is 4. The summed E-state index contributed by atoms with van der Waals surface area (Å²) in [6.45, 7) is 4.71. The van der Waals surface area contributed by atoms with Gasteiger partial charge in [-0.3, -0.25) is 0 Å². The second-order valence-corrected chi connectivity index (χ2v) is 17.5. The van der Waals surface area contributed by atoms with E-state index in [0.717, 1.165) is 17.1 Å². The Morgan fingerprint density at radius 3 is 1.64 bits per heavy atom. The third-order valence-corrected chi connectivity index (χ3v) is 14.3. The molecule has 0 saturated heterocycles. The Hall–Kier alpha value is -6.61. The first kappa shape index (κ1) is 33.5. The molecule has 1 spiro atoms. The second-order valence-electron chi connectivity index (χ2n) is 16.4. The van der Waals surface area contributed by atoms with Crippen LogP contribution in [0.5, 0.6) is 0 Å². The van der Waals surface area contributed by atoms with Crippen LogP contribution in [-0.2, 0) is 10.8 Å². The first-order chi connectivity index (χ1) is 28.5. The van der Waals surface area contributed by atoms with Crippen LogP contribution in [0.2, 0.25) is 0 Å². The van der Waals surface area contributed by atoms with Crippen LogP contribution in [-0.4, -0.2) is 0 Å². The molecule has 0 atom stereocenters. The highest BCUT2D eigenvalue weighted by molar-refractivity contribution is 7.99. The lowest BCUT2D eigenvalue weighted by Gasteiger charge is -2.40. The average Bonchev–Trinajstić information content (AvgIpc) is 3.69. The summed E-state index contributed by atoms with van der Waals surface area (Å²) in [5, 5.41) is 2.53. The maximum Gasteiger partial charge on any atom is 0.0735 e. The molecule has 0 amide bonds. The Balaban J connectivity index is 0.989. The van der Waals surface area contributed by atoms with Gasteiger partial charge >= 0.3 is 0 Å². The van der Waals surface area contributed by atoms with Crippen LogP contribution in [0.15, 0.2) is 210 Å². The van der Waals surface area contributed by atoms with E-state index in [0.29, 0.717) is 0 Å². The molecule has 1 heterocycles. The van der Waals surface area contributed by atoms with E-state index in [1.165, 1.54) is 87.3 Å². The second kappa shape index (κ2) is 12.4. The van der Waals surface area contributed by atoms with Crippen molar-refractivity contribution in [3.63, 3.8) is 0 Å². The van der Waals surface area contributed by atoms with Crippen molar-refractivity contribution < 1.29 is 0 Å². The molecule has 0 aromatic heterocycles. The van der Waals surface area contributed by atoms with E-state index in [1.807, 2.05) is 11.8 Å². The first-order valence-electron chi connectivity index (χ1n) is 20.3. The molecule has 12 rings (SSSR count). The van der Waals surface area contributed by atoms with E-state index < -0.39 is 0 Å². The molecule has 9 aromatic carbocycles. The maximum atomic E-state index is 2.50. The smallest absolute Gasteiger partial charge is 0.0735 e. The van der Waals surface area contributed by atoms with E-state index in [9.17, 15) is 0 Å². The molecule has 9 aromatic rings. The monoisotopic (exact) mass is 757 g/mol. The molecule has 3 aliphatic rings. The minimum absolute atomic E-state index is 0.0771. The number of anilines is 3. The molecule has 0 radical (unpaired) electrons. The molecule has 1 aliphatic heterocycles. The summed E-state index contributed by atoms with van der Waals surface area (Å²) in [4.78, 5) is 5.04. The summed E-state index contributed by atoms with van der Waals surface area (Å²) in [7, 11) is 0. The number of nitrogens with zero attached hydrogens (tertiary/aromatic N) is 1. The van der Waals surface area contributed by atoms with Gasteiger partial charge in [-0.25, -0.2) is 0 Å². The van der Waals surface area contributed by atoms with Crippen LogP contribution in [0.25, 0.3) is 44.2 Å². The molecule has 1 nitrogen and oxygen atoms in total. The van der Waals surface area contributed by atoms with Crippen molar-refractivity contribution in [2.24, 2.45) is 0 Å². The van der Waals surface area contributed by atoms with E-state index in [1.54, 1.807) is 0 Å². The number of para-hydroxylation sites is 1. The normalized spacial score (nSPS) is 14.6. The fourth-order valence-electron chi connectivity index (χ4n) is 10.5. The van der Waals surface area contributed by atoms with Crippen LogP contribution in [0.1, 0.15) is 47.2 Å². The zero-order valence-electron chi connectivity index (χ0n) is 32.4. The summed E-state index contributed by atoms with van der Waals surface area (Å²) >= 11 is 1.91. The van der Waals surface area contributed by atoms with Gasteiger partial charge in [0.2, 0.25) is 0 Å². The van der Waals surface area contributed by atoms with Gasteiger partial charge in [0, 0.05) is 32.3 Å². The lowest BCUT2D eigenvalue weighted by atomic mass is 9.67. The molecule has 0 unspecified atom stereocenters. The first-order valence-corrected chi connectivity index (χ1v) is 21.1. The Morgan fingerprint density at radius 1 is 0.362 bits per heavy atom. The fraction of sp³-hybridized carbons (Fsp3) is 0.0714. The van der Waals surface area contributed by atoms with Gasteiger partial charge < -0.3 is 4.90 Å². The highest BCUT2D eigenvalue weighted by Crippen LogP contribution is 2.62. The topological polar surface area (TPSA) is 3.24 Å². The summed E-state index contributed by atoms with van der Waals surface area (Å²) < 4.78 is 0. The molecule has 2 aliphatic carbocycles. The van der Waals surface area contributed by atoms with Gasteiger partial charge in [-0.15, -0.1) is 0 Å². The van der Waals surface area contributed by atoms with Crippen molar-refractivity contribution in [2.45, 2.75) is 34.5 Å². The van der Waals surface area contributed by atoms with Crippen LogP contribution < -0.4 is 4.90 Å². The molecule has 0 N–H and O–H groups in total. The number of hydrogen-bond donors (Lipinski definition) is 0. The molecule has 2 heteroatoms. The Kier molecular flexibility index (Phi) is 7.19. The lowest BCUT2D eigenvalue weighted by molar-refractivity contribution is 0.660. The van der Waals surface area contributed by atoms with Crippen molar-refractivity contribution in [2.75, 3.05) is 4.90 Å². The van der Waals surface area contributed by atoms with Crippen molar-refractivity contribution >= 4 is 39.6 Å². The van der Waals surface area contributed by atoms with Crippen LogP contribution in [0.4, 0.5) is 17.1 Å². The lowest BCUT2D eigenvalue weighted by Crippen LogP contribution is -2.31. The van der Waals surface area contributed by atoms with Crippen molar-refractivity contribution in [1.29, 1.82) is 0 Å². The summed E-state index contributed by atoms with van der Waals surface area (Å²) in [6.07, 6.45) is 0. The van der Waals surface area contributed by atoms with E-state index >= 15 is 0 Å². The highest BCUT2D eigenvalue weighted by atomic mass is 32.2. The largest absolute Gasteiger partial charge is 0.310 e. The molecular formula is C56H39NS. The van der Waals surface area contributed by atoms with Crippen molar-refractivity contribution in [3.05, 3.63) is 234 Å². The van der Waals surface area contributed by atoms with Crippen LogP contribution >= 0.6 is 11.8 Å². The predicted octanol–water partition coefficient (Wildman–Crippen LogP) is 15.1. The van der Waals surface area contributed by atoms with E-state index in [-0.39, 0.29) is 10.8 Å². The van der Waals surface area contributed by atoms with Gasteiger partial charge in [-0.2, -0.15) is 0 Å². The molecule has 0 bridgehead atoms. The Bertz CT molecular complexity index is 3080. The maximum absolute atomic E-state index is 2.50. The summed E-state index contributed by atoms with van der Waals surface area (Å²) in [6, 6.07) is 74.8. The van der Waals surface area contributed by atoms with Gasteiger partial charge in [0.05, 0.1) is 5.41 Å². The zero-order valence-corrected chi connectivity index (χ0v) is 33.2. The van der Waals surface area contributed by atoms with Crippen LogP contribution in [0.3, 0.4) is 0 Å². The standard InChI is InChI=1S/C56H39NS/c1-55(2)47-22-9-6-18-42(47)45-32-31-40(34-51(45)55)57(38-16-4-3-5-17-38)39-29-27-36(28-30-39)41-21-14-15-37-33-52-54(35-46(37)41)58-53-26-13-12-25-50(53)56(52)48-23-10-7-19-43(48)44-20-8-11-24-49(44)56/h3-35H,1-2H3. The van der Waals surface area contributed by atoms with Gasteiger partial charge in [0.25, 0.3) is 0 Å². The van der Waals surface area contributed by atoms with Gasteiger partial charge in [0.15, 0.2) is 0 Å². The molecule has 58 heavy (non-hydrogen) atoms. The number of benzene rings is 9. The Labute approximate surface area is 344 Å². The minimum Gasteiger partial charge on any atom is -0.310 e. The Morgan fingerprint density at radius 2 is 0.914 bits per heavy atom. The number of fused-ring (bicyclic) bond motifs is 13. The summed E-state index contributed by atoms with van der Waals surface area (Å²) in [5.41, 5.74) is 19.0. The number of hydrogen-bond acceptors (Lipinski definition) is 2. The third kappa shape index (κ3) is 4.61. The third-order valence-electron chi connectivity index (χ3n) is 13.1. The molecule has 0 saturated carbocycles. The van der Waals surface area contributed by atoms with Gasteiger partial charge in [-0.1, -0.05) is 171 Å². The summed E-state index contributed by atoms with van der Waals surface area (Å²) in [5.74, 6) is 0. The van der Waals surface area contributed by atoms with E-state index in [4.69, 9.17) is 0 Å². The zero-order chi connectivity index (χ0) is 38.6. The fourth-order valence-corrected chi connectivity index (χ4v) is 11.7. The van der Waals surface area contributed by atoms with E-state index in [2.05, 4.69) is 219 Å². The highest BCUT2D eigenvalue weighted by Gasteiger charge is 2.50. The van der Waals surface area contributed by atoms with Crippen molar-refractivity contribution in [1.82, 2.24) is 0 Å². The van der Waals surface area contributed by atoms with Crippen LogP contribution in [0, 0.1) is 0 Å².